The zero-order valence-electron chi connectivity index (χ0n) is 11.5. The maximum absolute atomic E-state index is 13.2. The van der Waals surface area contributed by atoms with Gasteiger partial charge < -0.3 is 15.7 Å². The van der Waals surface area contributed by atoms with Gasteiger partial charge in [-0.15, -0.1) is 0 Å². The summed E-state index contributed by atoms with van der Waals surface area (Å²) in [7, 11) is 0. The van der Waals surface area contributed by atoms with Crippen LogP contribution in [0.4, 0.5) is 14.9 Å². The van der Waals surface area contributed by atoms with E-state index in [-0.39, 0.29) is 10.4 Å². The zero-order valence-corrected chi connectivity index (χ0v) is 12.3. The highest BCUT2D eigenvalue weighted by Gasteiger charge is 2.17. The predicted octanol–water partition coefficient (Wildman–Crippen LogP) is 2.79. The quantitative estimate of drug-likeness (QED) is 0.781. The second kappa shape index (κ2) is 6.60. The predicted molar refractivity (Wildman–Crippen MR) is 78.0 cm³/mol. The number of rotatable bonds is 5. The molecule has 0 aliphatic carbocycles. The topological polar surface area (TPSA) is 78.4 Å². The lowest BCUT2D eigenvalue weighted by atomic mass is 10.2. The Bertz CT molecular complexity index is 520. The van der Waals surface area contributed by atoms with E-state index < -0.39 is 23.4 Å². The van der Waals surface area contributed by atoms with Crippen molar-refractivity contribution in [3.8, 4) is 0 Å². The number of nitrogens with one attached hydrogen (secondary N) is 2. The third-order valence-electron chi connectivity index (χ3n) is 2.68. The molecule has 0 aliphatic rings. The van der Waals surface area contributed by atoms with Gasteiger partial charge >= 0.3 is 12.0 Å². The lowest BCUT2D eigenvalue weighted by Crippen LogP contribution is -2.38. The largest absolute Gasteiger partial charge is 0.478 e. The summed E-state index contributed by atoms with van der Waals surface area (Å²) in [4.78, 5) is 22.5. The van der Waals surface area contributed by atoms with Gasteiger partial charge in [0, 0.05) is 17.0 Å². The molecule has 7 heteroatoms. The summed E-state index contributed by atoms with van der Waals surface area (Å²) >= 11 is 1.61. The van der Waals surface area contributed by atoms with Gasteiger partial charge in [0.1, 0.15) is 5.82 Å². The van der Waals surface area contributed by atoms with Crippen LogP contribution in [-0.4, -0.2) is 34.7 Å². The number of thioether (sulfide) groups is 1. The highest BCUT2D eigenvalue weighted by molar-refractivity contribution is 7.99. The number of amides is 2. The molecule has 110 valence electrons. The van der Waals surface area contributed by atoms with E-state index in [1.165, 1.54) is 6.07 Å². The molecule has 0 unspecified atom stereocenters. The highest BCUT2D eigenvalue weighted by atomic mass is 32.2. The van der Waals surface area contributed by atoms with Crippen LogP contribution in [0.5, 0.6) is 0 Å². The van der Waals surface area contributed by atoms with Crippen molar-refractivity contribution >= 4 is 29.4 Å². The molecule has 0 saturated carbocycles. The van der Waals surface area contributed by atoms with Gasteiger partial charge in [-0.25, -0.2) is 14.0 Å². The number of hydrogen-bond acceptors (Lipinski definition) is 3. The fourth-order valence-electron chi connectivity index (χ4n) is 1.31. The second-order valence-electron chi connectivity index (χ2n) is 4.77. The van der Waals surface area contributed by atoms with Gasteiger partial charge in [0.15, 0.2) is 0 Å². The monoisotopic (exact) mass is 300 g/mol. The lowest BCUT2D eigenvalue weighted by Gasteiger charge is -2.22. The van der Waals surface area contributed by atoms with Crippen LogP contribution >= 0.6 is 11.8 Å². The molecule has 0 atom stereocenters. The molecule has 0 radical (unpaired) electrons. The summed E-state index contributed by atoms with van der Waals surface area (Å²) in [6.45, 7) is 4.42. The summed E-state index contributed by atoms with van der Waals surface area (Å²) in [6, 6.07) is 2.93. The van der Waals surface area contributed by atoms with Crippen molar-refractivity contribution in [1.29, 1.82) is 0 Å². The fraction of sp³-hybridized carbons (Fsp3) is 0.385. The Labute approximate surface area is 120 Å². The molecule has 0 aromatic heterocycles. The molecule has 0 bridgehead atoms. The average Bonchev–Trinajstić information content (AvgIpc) is 2.38. The smallest absolute Gasteiger partial charge is 0.338 e. The third-order valence-corrected chi connectivity index (χ3v) is 3.93. The summed E-state index contributed by atoms with van der Waals surface area (Å²) in [5.41, 5.74) is -0.254. The first-order chi connectivity index (χ1) is 9.25. The van der Waals surface area contributed by atoms with Gasteiger partial charge in [-0.05, 0) is 38.3 Å². The molecule has 2 amide bonds. The molecule has 1 aromatic carbocycles. The van der Waals surface area contributed by atoms with Crippen molar-refractivity contribution in [2.24, 2.45) is 0 Å². The number of hydrogen-bond donors (Lipinski definition) is 3. The number of anilines is 1. The number of carbonyl (C=O) groups is 2. The van der Waals surface area contributed by atoms with Crippen LogP contribution in [0.3, 0.4) is 0 Å². The molecule has 0 aliphatic heterocycles. The van der Waals surface area contributed by atoms with Crippen molar-refractivity contribution < 1.29 is 19.1 Å². The maximum Gasteiger partial charge on any atom is 0.338 e. The highest BCUT2D eigenvalue weighted by Crippen LogP contribution is 2.19. The first-order valence-corrected chi connectivity index (χ1v) is 7.10. The van der Waals surface area contributed by atoms with Gasteiger partial charge in [0.25, 0.3) is 0 Å². The molecule has 20 heavy (non-hydrogen) atoms. The molecule has 0 fully saturated rings. The fourth-order valence-corrected chi connectivity index (χ4v) is 1.52. The summed E-state index contributed by atoms with van der Waals surface area (Å²) in [5, 5.41) is 13.9. The number of benzene rings is 1. The lowest BCUT2D eigenvalue weighted by molar-refractivity contribution is 0.0692. The van der Waals surface area contributed by atoms with E-state index in [2.05, 4.69) is 10.6 Å². The first-order valence-electron chi connectivity index (χ1n) is 5.88. The number of urea groups is 1. The maximum atomic E-state index is 13.2. The van der Waals surface area contributed by atoms with E-state index in [4.69, 9.17) is 5.11 Å². The normalized spacial score (nSPS) is 11.0. The molecule has 0 spiro atoms. The van der Waals surface area contributed by atoms with Crippen molar-refractivity contribution in [1.82, 2.24) is 5.32 Å². The minimum absolute atomic E-state index is 0.105. The molecule has 5 nitrogen and oxygen atoms in total. The van der Waals surface area contributed by atoms with Crippen molar-refractivity contribution in [2.75, 3.05) is 18.1 Å². The number of carbonyl (C=O) groups excluding carboxylic acids is 1. The molecular weight excluding hydrogens is 283 g/mol. The average molecular weight is 300 g/mol. The molecule has 1 aromatic rings. The molecule has 3 N–H and O–H groups in total. The molecule has 1 rings (SSSR count). The van der Waals surface area contributed by atoms with Gasteiger partial charge in [0.05, 0.1) is 5.56 Å². The van der Waals surface area contributed by atoms with Gasteiger partial charge in [-0.3, -0.25) is 0 Å². The van der Waals surface area contributed by atoms with Crippen LogP contribution in [0, 0.1) is 5.82 Å². The van der Waals surface area contributed by atoms with Crippen molar-refractivity contribution in [3.63, 3.8) is 0 Å². The standard InChI is InChI=1S/C13H17FN2O3S/c1-13(2,20-3)7-15-12(19)16-8-4-5-10(14)9(6-8)11(17)18/h4-6H,7H2,1-3H3,(H,17,18)(H2,15,16,19). The summed E-state index contributed by atoms with van der Waals surface area (Å²) in [6.07, 6.45) is 1.94. The van der Waals surface area contributed by atoms with Gasteiger partial charge in [-0.1, -0.05) is 0 Å². The number of carboxylic acids is 1. The van der Waals surface area contributed by atoms with E-state index >= 15 is 0 Å². The zero-order chi connectivity index (χ0) is 15.3. The van der Waals surface area contributed by atoms with Crippen LogP contribution in [-0.2, 0) is 0 Å². The Hall–Kier alpha value is -1.76. The summed E-state index contributed by atoms with van der Waals surface area (Å²) in [5.74, 6) is -2.22. The first kappa shape index (κ1) is 16.3. The molecule has 0 saturated heterocycles. The van der Waals surface area contributed by atoms with E-state index in [1.807, 2.05) is 20.1 Å². The van der Waals surface area contributed by atoms with Crippen LogP contribution in [0.2, 0.25) is 0 Å². The SMILES string of the molecule is CSC(C)(C)CNC(=O)Nc1ccc(F)c(C(=O)O)c1. The molecular formula is C13H17FN2O3S. The minimum Gasteiger partial charge on any atom is -0.478 e. The number of carboxylic acid groups (broad SMARTS) is 1. The Balaban J connectivity index is 2.67. The minimum atomic E-state index is -1.38. The summed E-state index contributed by atoms with van der Waals surface area (Å²) < 4.78 is 13.1. The number of aromatic carboxylic acids is 1. The van der Waals surface area contributed by atoms with E-state index in [0.717, 1.165) is 12.1 Å². The van der Waals surface area contributed by atoms with E-state index in [0.29, 0.717) is 6.54 Å². The Morgan fingerprint density at radius 2 is 2.05 bits per heavy atom. The van der Waals surface area contributed by atoms with Gasteiger partial charge in [-0.2, -0.15) is 11.8 Å². The van der Waals surface area contributed by atoms with Crippen LogP contribution in [0.25, 0.3) is 0 Å². The van der Waals surface area contributed by atoms with Crippen LogP contribution in [0.15, 0.2) is 18.2 Å². The third kappa shape index (κ3) is 4.73. The van der Waals surface area contributed by atoms with Crippen LogP contribution < -0.4 is 10.6 Å². The van der Waals surface area contributed by atoms with Crippen molar-refractivity contribution in [3.05, 3.63) is 29.6 Å². The van der Waals surface area contributed by atoms with Crippen LogP contribution in [0.1, 0.15) is 24.2 Å². The molecule has 0 heterocycles. The van der Waals surface area contributed by atoms with Gasteiger partial charge in [0.2, 0.25) is 0 Å². The Kier molecular flexibility index (Phi) is 5.38. The van der Waals surface area contributed by atoms with E-state index in [9.17, 15) is 14.0 Å². The van der Waals surface area contributed by atoms with E-state index in [1.54, 1.807) is 11.8 Å². The van der Waals surface area contributed by atoms with Crippen molar-refractivity contribution in [2.45, 2.75) is 18.6 Å². The number of halogens is 1. The Morgan fingerprint density at radius 3 is 2.60 bits per heavy atom. The second-order valence-corrected chi connectivity index (χ2v) is 6.28. The Morgan fingerprint density at radius 1 is 1.40 bits per heavy atom.